The van der Waals surface area contributed by atoms with Crippen molar-refractivity contribution in [2.24, 2.45) is 0 Å². The number of hydrogen-bond donors (Lipinski definition) is 1. The van der Waals surface area contributed by atoms with Gasteiger partial charge in [-0.25, -0.2) is 4.98 Å². The van der Waals surface area contributed by atoms with Gasteiger partial charge >= 0.3 is 0 Å². The molecule has 1 fully saturated rings. The second-order valence-electron chi connectivity index (χ2n) is 6.31. The van der Waals surface area contributed by atoms with Crippen molar-refractivity contribution in [3.05, 3.63) is 52.0 Å². The topological polar surface area (TPSA) is 54.5 Å². The Kier molecular flexibility index (Phi) is 6.55. The molecular formula is C19H25N3O2S. The minimum atomic E-state index is 0.0283. The van der Waals surface area contributed by atoms with Crippen molar-refractivity contribution < 1.29 is 9.53 Å². The summed E-state index contributed by atoms with van der Waals surface area (Å²) in [7, 11) is 1.65. The van der Waals surface area contributed by atoms with E-state index in [0.29, 0.717) is 25.6 Å². The van der Waals surface area contributed by atoms with E-state index in [0.717, 1.165) is 23.7 Å². The van der Waals surface area contributed by atoms with E-state index < -0.39 is 0 Å². The molecular weight excluding hydrogens is 334 g/mol. The van der Waals surface area contributed by atoms with E-state index in [-0.39, 0.29) is 5.91 Å². The SMILES string of the molecule is COCCN(Cc1nccs1)C(=O)c1ccc(C2CCCNC2)cc1. The first kappa shape index (κ1) is 18.0. The number of hydrogen-bond acceptors (Lipinski definition) is 5. The van der Waals surface area contributed by atoms with E-state index in [1.807, 2.05) is 17.5 Å². The molecule has 5 nitrogen and oxygen atoms in total. The van der Waals surface area contributed by atoms with Gasteiger partial charge in [-0.1, -0.05) is 12.1 Å². The van der Waals surface area contributed by atoms with Crippen LogP contribution in [0.5, 0.6) is 0 Å². The van der Waals surface area contributed by atoms with E-state index in [9.17, 15) is 4.79 Å². The van der Waals surface area contributed by atoms with Gasteiger partial charge in [-0.3, -0.25) is 4.79 Å². The first-order valence-corrected chi connectivity index (χ1v) is 9.63. The number of ether oxygens (including phenoxy) is 1. The zero-order valence-electron chi connectivity index (χ0n) is 14.6. The van der Waals surface area contributed by atoms with Crippen molar-refractivity contribution in [3.8, 4) is 0 Å². The summed E-state index contributed by atoms with van der Waals surface area (Å²) in [5.41, 5.74) is 2.03. The number of carbonyl (C=O) groups is 1. The zero-order valence-corrected chi connectivity index (χ0v) is 15.4. The number of piperidine rings is 1. The first-order valence-electron chi connectivity index (χ1n) is 8.75. The van der Waals surface area contributed by atoms with Crippen LogP contribution in [0.3, 0.4) is 0 Å². The molecule has 1 N–H and O–H groups in total. The van der Waals surface area contributed by atoms with Gasteiger partial charge in [0.25, 0.3) is 5.91 Å². The molecule has 0 bridgehead atoms. The average molecular weight is 359 g/mol. The van der Waals surface area contributed by atoms with E-state index in [4.69, 9.17) is 4.74 Å². The summed E-state index contributed by atoms with van der Waals surface area (Å²) in [5, 5.41) is 6.31. The zero-order chi connectivity index (χ0) is 17.5. The molecule has 0 spiro atoms. The van der Waals surface area contributed by atoms with E-state index in [2.05, 4.69) is 22.4 Å². The maximum atomic E-state index is 12.9. The molecule has 1 unspecified atom stereocenters. The summed E-state index contributed by atoms with van der Waals surface area (Å²) in [6, 6.07) is 8.10. The summed E-state index contributed by atoms with van der Waals surface area (Å²) in [4.78, 5) is 19.0. The van der Waals surface area contributed by atoms with Crippen LogP contribution in [0.25, 0.3) is 0 Å². The number of amides is 1. The Bertz CT molecular complexity index is 652. The second kappa shape index (κ2) is 9.08. The van der Waals surface area contributed by atoms with Gasteiger partial charge < -0.3 is 15.0 Å². The highest BCUT2D eigenvalue weighted by Crippen LogP contribution is 2.23. The lowest BCUT2D eigenvalue weighted by Gasteiger charge is -2.24. The van der Waals surface area contributed by atoms with Gasteiger partial charge in [0.05, 0.1) is 13.2 Å². The Balaban J connectivity index is 1.69. The maximum Gasteiger partial charge on any atom is 0.254 e. The number of aromatic nitrogens is 1. The average Bonchev–Trinajstić information content (AvgIpc) is 3.18. The molecule has 1 aliphatic rings. The summed E-state index contributed by atoms with van der Waals surface area (Å²) >= 11 is 1.57. The highest BCUT2D eigenvalue weighted by molar-refractivity contribution is 7.09. The molecule has 1 amide bonds. The molecule has 134 valence electrons. The summed E-state index contributed by atoms with van der Waals surface area (Å²) in [6.07, 6.45) is 4.19. The molecule has 1 aromatic carbocycles. The summed E-state index contributed by atoms with van der Waals surface area (Å²) in [5.74, 6) is 0.582. The first-order chi connectivity index (χ1) is 12.3. The molecule has 2 aromatic rings. The highest BCUT2D eigenvalue weighted by atomic mass is 32.1. The maximum absolute atomic E-state index is 12.9. The third-order valence-corrected chi connectivity index (χ3v) is 5.35. The van der Waals surface area contributed by atoms with Gasteiger partial charge in [0.1, 0.15) is 5.01 Å². The molecule has 3 rings (SSSR count). The third kappa shape index (κ3) is 4.87. The lowest BCUT2D eigenvalue weighted by molar-refractivity contribution is 0.0680. The van der Waals surface area contributed by atoms with Gasteiger partial charge in [-0.05, 0) is 43.0 Å². The lowest BCUT2D eigenvalue weighted by atomic mass is 9.91. The number of nitrogens with zero attached hydrogens (tertiary/aromatic N) is 2. The molecule has 1 aromatic heterocycles. The Hall–Kier alpha value is -1.76. The molecule has 2 heterocycles. The fourth-order valence-corrected chi connectivity index (χ4v) is 3.80. The van der Waals surface area contributed by atoms with E-state index in [1.54, 1.807) is 29.5 Å². The van der Waals surface area contributed by atoms with Gasteiger partial charge in [0.15, 0.2) is 0 Å². The minimum absolute atomic E-state index is 0.0283. The van der Waals surface area contributed by atoms with Gasteiger partial charge in [-0.15, -0.1) is 11.3 Å². The van der Waals surface area contributed by atoms with Gasteiger partial charge in [-0.2, -0.15) is 0 Å². The van der Waals surface area contributed by atoms with Crippen molar-refractivity contribution in [2.45, 2.75) is 25.3 Å². The third-order valence-electron chi connectivity index (χ3n) is 4.59. The predicted molar refractivity (Wildman–Crippen MR) is 100 cm³/mol. The Labute approximate surface area is 153 Å². The van der Waals surface area contributed by atoms with Crippen LogP contribution in [-0.4, -0.2) is 49.1 Å². The molecule has 25 heavy (non-hydrogen) atoms. The lowest BCUT2D eigenvalue weighted by Crippen LogP contribution is -2.33. The molecule has 1 atom stereocenters. The van der Waals surface area contributed by atoms with Crippen molar-refractivity contribution in [1.82, 2.24) is 15.2 Å². The number of thiazole rings is 1. The Morgan fingerprint density at radius 2 is 2.24 bits per heavy atom. The normalized spacial score (nSPS) is 17.4. The quantitative estimate of drug-likeness (QED) is 0.826. The predicted octanol–water partition coefficient (Wildman–Crippen LogP) is 2.90. The Morgan fingerprint density at radius 1 is 1.40 bits per heavy atom. The number of rotatable bonds is 7. The Morgan fingerprint density at radius 3 is 2.88 bits per heavy atom. The van der Waals surface area contributed by atoms with E-state index >= 15 is 0 Å². The summed E-state index contributed by atoms with van der Waals surface area (Å²) in [6.45, 7) is 3.73. The van der Waals surface area contributed by atoms with Crippen LogP contribution >= 0.6 is 11.3 Å². The molecule has 6 heteroatoms. The van der Waals surface area contributed by atoms with Crippen molar-refractivity contribution >= 4 is 17.2 Å². The van der Waals surface area contributed by atoms with Crippen LogP contribution < -0.4 is 5.32 Å². The van der Waals surface area contributed by atoms with E-state index in [1.165, 1.54) is 18.4 Å². The summed E-state index contributed by atoms with van der Waals surface area (Å²) < 4.78 is 5.16. The fraction of sp³-hybridized carbons (Fsp3) is 0.474. The highest BCUT2D eigenvalue weighted by Gasteiger charge is 2.19. The number of methoxy groups -OCH3 is 1. The standard InChI is InChI=1S/C19H25N3O2S/c1-24-11-10-22(14-18-21-9-12-25-18)19(23)16-6-4-15(5-7-16)17-3-2-8-20-13-17/h4-7,9,12,17,20H,2-3,8,10-11,13-14H2,1H3. The molecule has 0 aliphatic carbocycles. The second-order valence-corrected chi connectivity index (χ2v) is 7.29. The van der Waals surface area contributed by atoms with Crippen LogP contribution in [0.15, 0.2) is 35.8 Å². The van der Waals surface area contributed by atoms with Crippen LogP contribution in [0.2, 0.25) is 0 Å². The monoisotopic (exact) mass is 359 g/mol. The van der Waals surface area contributed by atoms with Gasteiger partial charge in [0.2, 0.25) is 0 Å². The van der Waals surface area contributed by atoms with Crippen LogP contribution in [0.1, 0.15) is 39.7 Å². The van der Waals surface area contributed by atoms with Crippen LogP contribution in [0, 0.1) is 0 Å². The minimum Gasteiger partial charge on any atom is -0.383 e. The van der Waals surface area contributed by atoms with Gasteiger partial charge in [0, 0.05) is 37.3 Å². The molecule has 1 aliphatic heterocycles. The van der Waals surface area contributed by atoms with Crippen molar-refractivity contribution in [2.75, 3.05) is 33.4 Å². The molecule has 1 saturated heterocycles. The smallest absolute Gasteiger partial charge is 0.254 e. The largest absolute Gasteiger partial charge is 0.383 e. The number of benzene rings is 1. The molecule has 0 radical (unpaired) electrons. The van der Waals surface area contributed by atoms with Crippen molar-refractivity contribution in [3.63, 3.8) is 0 Å². The fourth-order valence-electron chi connectivity index (χ4n) is 3.16. The number of nitrogens with one attached hydrogen (secondary N) is 1. The van der Waals surface area contributed by atoms with Crippen LogP contribution in [0.4, 0.5) is 0 Å². The molecule has 0 saturated carbocycles. The number of carbonyl (C=O) groups excluding carboxylic acids is 1. The van der Waals surface area contributed by atoms with Crippen molar-refractivity contribution in [1.29, 1.82) is 0 Å². The van der Waals surface area contributed by atoms with Crippen LogP contribution in [-0.2, 0) is 11.3 Å².